The highest BCUT2D eigenvalue weighted by molar-refractivity contribution is 7.12. The van der Waals surface area contributed by atoms with Crippen LogP contribution in [-0.4, -0.2) is 6.54 Å². The van der Waals surface area contributed by atoms with Crippen molar-refractivity contribution in [3.63, 3.8) is 0 Å². The molecule has 102 valence electrons. The topological polar surface area (TPSA) is 12.0 Å². The molecule has 1 nitrogen and oxygen atoms in total. The van der Waals surface area contributed by atoms with Crippen molar-refractivity contribution in [1.29, 1.82) is 0 Å². The molecular formula is C17H23NS. The zero-order valence-electron chi connectivity index (χ0n) is 12.5. The molecule has 0 aliphatic carbocycles. The predicted molar refractivity (Wildman–Crippen MR) is 85.2 cm³/mol. The first-order valence-corrected chi connectivity index (χ1v) is 7.72. The molecule has 1 heterocycles. The van der Waals surface area contributed by atoms with Crippen molar-refractivity contribution in [1.82, 2.24) is 5.32 Å². The third kappa shape index (κ3) is 3.07. The van der Waals surface area contributed by atoms with Crippen LogP contribution in [0.3, 0.4) is 0 Å². The summed E-state index contributed by atoms with van der Waals surface area (Å²) in [4.78, 5) is 2.84. The fourth-order valence-corrected chi connectivity index (χ4v) is 3.60. The van der Waals surface area contributed by atoms with Crippen LogP contribution >= 0.6 is 11.3 Å². The smallest absolute Gasteiger partial charge is 0.0673 e. The zero-order chi connectivity index (χ0) is 14.0. The summed E-state index contributed by atoms with van der Waals surface area (Å²) in [5, 5.41) is 3.63. The molecular weight excluding hydrogens is 250 g/mol. The van der Waals surface area contributed by atoms with E-state index in [9.17, 15) is 0 Å². The SMILES string of the molecule is CCNC(c1cc(C)c(C)s1)c1ccc(C)cc1C. The summed E-state index contributed by atoms with van der Waals surface area (Å²) in [5.41, 5.74) is 5.49. The molecule has 0 amide bonds. The third-order valence-electron chi connectivity index (χ3n) is 3.61. The number of thiophene rings is 1. The molecule has 0 saturated heterocycles. The monoisotopic (exact) mass is 273 g/mol. The second-order valence-electron chi connectivity index (χ2n) is 5.24. The van der Waals surface area contributed by atoms with Gasteiger partial charge in [-0.25, -0.2) is 0 Å². The molecule has 1 N–H and O–H groups in total. The average molecular weight is 273 g/mol. The Labute approximate surface area is 120 Å². The first-order valence-electron chi connectivity index (χ1n) is 6.90. The maximum atomic E-state index is 3.63. The van der Waals surface area contributed by atoms with Crippen LogP contribution in [0, 0.1) is 27.7 Å². The van der Waals surface area contributed by atoms with Crippen LogP contribution in [-0.2, 0) is 0 Å². The lowest BCUT2D eigenvalue weighted by Crippen LogP contribution is -2.21. The van der Waals surface area contributed by atoms with E-state index in [-0.39, 0.29) is 0 Å². The minimum Gasteiger partial charge on any atom is -0.306 e. The van der Waals surface area contributed by atoms with Gasteiger partial charge in [-0.1, -0.05) is 30.7 Å². The highest BCUT2D eigenvalue weighted by Gasteiger charge is 2.17. The highest BCUT2D eigenvalue weighted by atomic mass is 32.1. The molecule has 0 spiro atoms. The lowest BCUT2D eigenvalue weighted by atomic mass is 9.98. The first-order chi connectivity index (χ1) is 9.02. The van der Waals surface area contributed by atoms with Gasteiger partial charge in [0.15, 0.2) is 0 Å². The van der Waals surface area contributed by atoms with Gasteiger partial charge in [-0.15, -0.1) is 11.3 Å². The Morgan fingerprint density at radius 1 is 1.05 bits per heavy atom. The summed E-state index contributed by atoms with van der Waals surface area (Å²) >= 11 is 1.91. The second kappa shape index (κ2) is 5.89. The van der Waals surface area contributed by atoms with Crippen LogP contribution in [0.2, 0.25) is 0 Å². The number of aryl methyl sites for hydroxylation is 4. The number of hydrogen-bond acceptors (Lipinski definition) is 2. The molecule has 0 saturated carbocycles. The average Bonchev–Trinajstić information content (AvgIpc) is 2.67. The van der Waals surface area contributed by atoms with Gasteiger partial charge in [0, 0.05) is 9.75 Å². The lowest BCUT2D eigenvalue weighted by molar-refractivity contribution is 0.636. The number of benzene rings is 1. The van der Waals surface area contributed by atoms with E-state index in [1.165, 1.54) is 32.0 Å². The largest absolute Gasteiger partial charge is 0.306 e. The Morgan fingerprint density at radius 3 is 2.32 bits per heavy atom. The molecule has 1 atom stereocenters. The summed E-state index contributed by atoms with van der Waals surface area (Å²) in [6, 6.07) is 9.39. The van der Waals surface area contributed by atoms with Gasteiger partial charge in [0.1, 0.15) is 0 Å². The standard InChI is InChI=1S/C17H23NS/c1-6-18-17(16-10-12(3)14(5)19-16)15-8-7-11(2)9-13(15)4/h7-10,17-18H,6H2,1-5H3. The molecule has 0 radical (unpaired) electrons. The number of hydrogen-bond donors (Lipinski definition) is 1. The molecule has 0 aliphatic heterocycles. The highest BCUT2D eigenvalue weighted by Crippen LogP contribution is 2.32. The van der Waals surface area contributed by atoms with E-state index in [2.05, 4.69) is 64.2 Å². The third-order valence-corrected chi connectivity index (χ3v) is 4.83. The van der Waals surface area contributed by atoms with E-state index < -0.39 is 0 Å². The first kappa shape index (κ1) is 14.3. The van der Waals surface area contributed by atoms with E-state index >= 15 is 0 Å². The quantitative estimate of drug-likeness (QED) is 0.853. The van der Waals surface area contributed by atoms with Crippen molar-refractivity contribution < 1.29 is 0 Å². The molecule has 0 aliphatic rings. The molecule has 1 aromatic carbocycles. The summed E-state index contributed by atoms with van der Waals surface area (Å²) in [5.74, 6) is 0. The zero-order valence-corrected chi connectivity index (χ0v) is 13.3. The van der Waals surface area contributed by atoms with Crippen LogP contribution in [0.15, 0.2) is 24.3 Å². The van der Waals surface area contributed by atoms with Crippen molar-refractivity contribution in [2.24, 2.45) is 0 Å². The normalized spacial score (nSPS) is 12.7. The van der Waals surface area contributed by atoms with Crippen molar-refractivity contribution in [2.45, 2.75) is 40.7 Å². The minimum absolute atomic E-state index is 0.322. The molecule has 1 aromatic heterocycles. The maximum Gasteiger partial charge on any atom is 0.0673 e. The van der Waals surface area contributed by atoms with Crippen molar-refractivity contribution in [3.8, 4) is 0 Å². The molecule has 2 aromatic rings. The number of rotatable bonds is 4. The Kier molecular flexibility index (Phi) is 4.43. The van der Waals surface area contributed by atoms with E-state index in [4.69, 9.17) is 0 Å². The van der Waals surface area contributed by atoms with Gasteiger partial charge in [0.25, 0.3) is 0 Å². The van der Waals surface area contributed by atoms with Crippen molar-refractivity contribution >= 4 is 11.3 Å². The fraction of sp³-hybridized carbons (Fsp3) is 0.412. The minimum atomic E-state index is 0.322. The Balaban J connectivity index is 2.44. The molecule has 2 rings (SSSR count). The summed E-state index contributed by atoms with van der Waals surface area (Å²) in [7, 11) is 0. The van der Waals surface area contributed by atoms with Gasteiger partial charge in [0.05, 0.1) is 6.04 Å². The Bertz CT molecular complexity index is 549. The fourth-order valence-electron chi connectivity index (χ4n) is 2.46. The molecule has 0 bridgehead atoms. The Hall–Kier alpha value is -1.12. The van der Waals surface area contributed by atoms with Gasteiger partial charge < -0.3 is 5.32 Å². The number of nitrogens with one attached hydrogen (secondary N) is 1. The van der Waals surface area contributed by atoms with Crippen LogP contribution in [0.4, 0.5) is 0 Å². The van der Waals surface area contributed by atoms with E-state index in [0.29, 0.717) is 6.04 Å². The predicted octanol–water partition coefficient (Wildman–Crippen LogP) is 4.68. The second-order valence-corrected chi connectivity index (χ2v) is 6.53. The molecule has 19 heavy (non-hydrogen) atoms. The van der Waals surface area contributed by atoms with E-state index in [0.717, 1.165) is 6.54 Å². The van der Waals surface area contributed by atoms with Gasteiger partial charge >= 0.3 is 0 Å². The summed E-state index contributed by atoms with van der Waals surface area (Å²) in [6.07, 6.45) is 0. The van der Waals surface area contributed by atoms with Crippen LogP contribution < -0.4 is 5.32 Å². The van der Waals surface area contributed by atoms with Gasteiger partial charge in [-0.2, -0.15) is 0 Å². The Morgan fingerprint density at radius 2 is 1.79 bits per heavy atom. The van der Waals surface area contributed by atoms with Gasteiger partial charge in [-0.05, 0) is 57.0 Å². The van der Waals surface area contributed by atoms with Gasteiger partial charge in [-0.3, -0.25) is 0 Å². The van der Waals surface area contributed by atoms with E-state index in [1.54, 1.807) is 0 Å². The van der Waals surface area contributed by atoms with Crippen LogP contribution in [0.25, 0.3) is 0 Å². The van der Waals surface area contributed by atoms with E-state index in [1.807, 2.05) is 11.3 Å². The van der Waals surface area contributed by atoms with Crippen LogP contribution in [0.1, 0.15) is 45.0 Å². The van der Waals surface area contributed by atoms with Crippen molar-refractivity contribution in [2.75, 3.05) is 6.54 Å². The van der Waals surface area contributed by atoms with Crippen molar-refractivity contribution in [3.05, 3.63) is 56.3 Å². The molecule has 0 fully saturated rings. The summed E-state index contributed by atoms with van der Waals surface area (Å²) < 4.78 is 0. The van der Waals surface area contributed by atoms with Gasteiger partial charge in [0.2, 0.25) is 0 Å². The van der Waals surface area contributed by atoms with Crippen LogP contribution in [0.5, 0.6) is 0 Å². The molecule has 2 heteroatoms. The lowest BCUT2D eigenvalue weighted by Gasteiger charge is -2.19. The maximum absolute atomic E-state index is 3.63. The molecule has 1 unspecified atom stereocenters. The summed E-state index contributed by atoms with van der Waals surface area (Å²) in [6.45, 7) is 11.9.